The fraction of sp³-hybridized carbons (Fsp3) is 0.348. The molecule has 0 spiro atoms. The van der Waals surface area contributed by atoms with Crippen molar-refractivity contribution in [2.75, 3.05) is 20.3 Å². The van der Waals surface area contributed by atoms with Gasteiger partial charge in [0.25, 0.3) is 0 Å². The number of esters is 1. The first-order valence-electron chi connectivity index (χ1n) is 10.6. The summed E-state index contributed by atoms with van der Waals surface area (Å²) in [6.07, 6.45) is 0.347. The summed E-state index contributed by atoms with van der Waals surface area (Å²) in [5.74, 6) is 1.50. The Morgan fingerprint density at radius 2 is 2.06 bits per heavy atom. The van der Waals surface area contributed by atoms with Crippen LogP contribution in [0, 0.1) is 6.92 Å². The van der Waals surface area contributed by atoms with E-state index in [1.807, 2.05) is 13.8 Å². The fourth-order valence-electron chi connectivity index (χ4n) is 3.33. The van der Waals surface area contributed by atoms with Gasteiger partial charge in [0.1, 0.15) is 18.1 Å². The van der Waals surface area contributed by atoms with Gasteiger partial charge in [0, 0.05) is 5.70 Å². The van der Waals surface area contributed by atoms with Gasteiger partial charge in [0.2, 0.25) is 0 Å². The van der Waals surface area contributed by atoms with Gasteiger partial charge in [0.05, 0.1) is 31.5 Å². The number of nitrogens with zero attached hydrogens (tertiary/aromatic N) is 1. The standard InChI is InChI=1S/C23H28N4O7/c1-5-32-18-10-15(21-20(22(29)31-4)14(3)25-23(30)26-21)7-9-17(18)33-12-19(28)27-24-11-16-8-6-13(2)34-16/h6-11,19,21,27-28H,5,12H2,1-4H3,(H2,25,26,30)/b24-11-/t19-,21+/m1/s1. The zero-order chi connectivity index (χ0) is 24.7. The highest BCUT2D eigenvalue weighted by Crippen LogP contribution is 2.34. The quantitative estimate of drug-likeness (QED) is 0.178. The van der Waals surface area contributed by atoms with Gasteiger partial charge in [-0.15, -0.1) is 0 Å². The van der Waals surface area contributed by atoms with Gasteiger partial charge in [-0.25, -0.2) is 9.59 Å². The lowest BCUT2D eigenvalue weighted by molar-refractivity contribution is -0.136. The Morgan fingerprint density at radius 3 is 2.74 bits per heavy atom. The van der Waals surface area contributed by atoms with E-state index in [4.69, 9.17) is 18.6 Å². The highest BCUT2D eigenvalue weighted by molar-refractivity contribution is 5.95. The minimum atomic E-state index is -1.10. The SMILES string of the molecule is CCOc1cc([C@@H]2NC(=O)NC(C)=C2C(=O)OC)ccc1OC[C@@H](O)N/N=C\c1ccc(C)o1. The summed E-state index contributed by atoms with van der Waals surface area (Å²) in [7, 11) is 1.28. The summed E-state index contributed by atoms with van der Waals surface area (Å²) in [5.41, 5.74) is 3.83. The molecule has 0 saturated carbocycles. The number of benzene rings is 1. The molecule has 1 aromatic carbocycles. The van der Waals surface area contributed by atoms with E-state index >= 15 is 0 Å². The number of nitrogens with one attached hydrogen (secondary N) is 3. The maximum Gasteiger partial charge on any atom is 0.337 e. The first kappa shape index (κ1) is 24.6. The number of aliphatic hydroxyl groups is 1. The van der Waals surface area contributed by atoms with Crippen LogP contribution in [0.15, 0.2) is 51.1 Å². The molecule has 0 unspecified atom stereocenters. The number of hydrogen-bond acceptors (Lipinski definition) is 9. The predicted molar refractivity (Wildman–Crippen MR) is 122 cm³/mol. The molecule has 0 radical (unpaired) electrons. The number of amides is 2. The number of aryl methyl sites for hydroxylation is 1. The monoisotopic (exact) mass is 472 g/mol. The summed E-state index contributed by atoms with van der Waals surface area (Å²) in [4.78, 5) is 24.4. The third kappa shape index (κ3) is 6.07. The van der Waals surface area contributed by atoms with Crippen molar-refractivity contribution in [1.29, 1.82) is 0 Å². The summed E-state index contributed by atoms with van der Waals surface area (Å²) in [6.45, 7) is 5.49. The summed E-state index contributed by atoms with van der Waals surface area (Å²) >= 11 is 0. The van der Waals surface area contributed by atoms with Crippen LogP contribution < -0.4 is 25.5 Å². The molecule has 2 atom stereocenters. The topological polar surface area (TPSA) is 144 Å². The summed E-state index contributed by atoms with van der Waals surface area (Å²) in [5, 5.41) is 19.3. The van der Waals surface area contributed by atoms with Gasteiger partial charge in [-0.05, 0) is 50.6 Å². The van der Waals surface area contributed by atoms with Crippen LogP contribution >= 0.6 is 0 Å². The molecule has 1 aliphatic rings. The predicted octanol–water partition coefficient (Wildman–Crippen LogP) is 2.11. The number of hydrogen-bond donors (Lipinski definition) is 4. The Bertz CT molecular complexity index is 1090. The van der Waals surface area contributed by atoms with Crippen molar-refractivity contribution < 1.29 is 33.3 Å². The molecule has 2 aromatic rings. The maximum absolute atomic E-state index is 12.3. The normalized spacial score (nSPS) is 16.6. The molecule has 0 aliphatic carbocycles. The lowest BCUT2D eigenvalue weighted by Gasteiger charge is -2.28. The van der Waals surface area contributed by atoms with Crippen LogP contribution in [-0.2, 0) is 9.53 Å². The van der Waals surface area contributed by atoms with E-state index in [-0.39, 0.29) is 12.2 Å². The minimum Gasteiger partial charge on any atom is -0.490 e. The fourth-order valence-corrected chi connectivity index (χ4v) is 3.33. The van der Waals surface area contributed by atoms with E-state index in [1.54, 1.807) is 37.3 Å². The lowest BCUT2D eigenvalue weighted by atomic mass is 9.95. The summed E-state index contributed by atoms with van der Waals surface area (Å²) < 4.78 is 21.6. The second-order valence-corrected chi connectivity index (χ2v) is 7.36. The van der Waals surface area contributed by atoms with Crippen molar-refractivity contribution in [1.82, 2.24) is 16.1 Å². The highest BCUT2D eigenvalue weighted by atomic mass is 16.5. The molecule has 0 bridgehead atoms. The molecule has 34 heavy (non-hydrogen) atoms. The Balaban J connectivity index is 1.72. The average Bonchev–Trinajstić information content (AvgIpc) is 3.22. The van der Waals surface area contributed by atoms with Crippen molar-refractivity contribution in [3.8, 4) is 11.5 Å². The number of carbonyl (C=O) groups is 2. The van der Waals surface area contributed by atoms with Crippen molar-refractivity contribution in [2.45, 2.75) is 33.0 Å². The maximum atomic E-state index is 12.3. The number of carbonyl (C=O) groups excluding carboxylic acids is 2. The van der Waals surface area contributed by atoms with E-state index in [0.29, 0.717) is 35.1 Å². The first-order chi connectivity index (χ1) is 16.3. The molecule has 0 saturated heterocycles. The van der Waals surface area contributed by atoms with E-state index in [2.05, 4.69) is 21.2 Å². The van der Waals surface area contributed by atoms with E-state index in [9.17, 15) is 14.7 Å². The molecule has 3 rings (SSSR count). The second kappa shape index (κ2) is 11.2. The first-order valence-corrected chi connectivity index (χ1v) is 10.6. The molecule has 1 aliphatic heterocycles. The molecule has 1 aromatic heterocycles. The average molecular weight is 472 g/mol. The van der Waals surface area contributed by atoms with Crippen LogP contribution in [0.5, 0.6) is 11.5 Å². The van der Waals surface area contributed by atoms with Gasteiger partial charge < -0.3 is 34.4 Å². The van der Waals surface area contributed by atoms with Gasteiger partial charge in [-0.2, -0.15) is 5.10 Å². The van der Waals surface area contributed by atoms with Crippen molar-refractivity contribution in [3.63, 3.8) is 0 Å². The molecule has 182 valence electrons. The minimum absolute atomic E-state index is 0.121. The zero-order valence-electron chi connectivity index (χ0n) is 19.4. The third-order valence-electron chi connectivity index (χ3n) is 4.85. The molecular formula is C23H28N4O7. The zero-order valence-corrected chi connectivity index (χ0v) is 19.4. The number of ether oxygens (including phenoxy) is 3. The molecule has 0 fully saturated rings. The van der Waals surface area contributed by atoms with Crippen LogP contribution in [0.25, 0.3) is 0 Å². The lowest BCUT2D eigenvalue weighted by Crippen LogP contribution is -2.45. The summed E-state index contributed by atoms with van der Waals surface area (Å²) in [6, 6.07) is 7.39. The van der Waals surface area contributed by atoms with Crippen molar-refractivity contribution >= 4 is 18.2 Å². The Morgan fingerprint density at radius 1 is 1.26 bits per heavy atom. The van der Waals surface area contributed by atoms with Gasteiger partial charge in [0.15, 0.2) is 17.7 Å². The van der Waals surface area contributed by atoms with Crippen LogP contribution in [0.4, 0.5) is 4.79 Å². The number of furan rings is 1. The number of methoxy groups -OCH3 is 1. The van der Waals surface area contributed by atoms with E-state index in [0.717, 1.165) is 5.76 Å². The Labute approximate surface area is 196 Å². The third-order valence-corrected chi connectivity index (χ3v) is 4.85. The number of aliphatic hydroxyl groups excluding tert-OH is 1. The molecule has 4 N–H and O–H groups in total. The number of rotatable bonds is 10. The second-order valence-electron chi connectivity index (χ2n) is 7.36. The smallest absolute Gasteiger partial charge is 0.337 e. The van der Waals surface area contributed by atoms with Crippen LogP contribution in [0.3, 0.4) is 0 Å². The largest absolute Gasteiger partial charge is 0.490 e. The van der Waals surface area contributed by atoms with Gasteiger partial charge in [-0.1, -0.05) is 6.07 Å². The number of urea groups is 1. The van der Waals surface area contributed by atoms with Gasteiger partial charge >= 0.3 is 12.0 Å². The van der Waals surface area contributed by atoms with E-state index < -0.39 is 24.3 Å². The molecule has 11 heteroatoms. The van der Waals surface area contributed by atoms with Crippen LogP contribution in [0.1, 0.15) is 37.0 Å². The highest BCUT2D eigenvalue weighted by Gasteiger charge is 2.32. The molecule has 2 heterocycles. The van der Waals surface area contributed by atoms with Crippen molar-refractivity contribution in [2.24, 2.45) is 5.10 Å². The molecule has 2 amide bonds. The Kier molecular flexibility index (Phi) is 8.14. The number of allylic oxidation sites excluding steroid dienone is 1. The number of hydrazone groups is 1. The van der Waals surface area contributed by atoms with E-state index in [1.165, 1.54) is 13.3 Å². The molecule has 11 nitrogen and oxygen atoms in total. The Hall–Kier alpha value is -3.99. The van der Waals surface area contributed by atoms with Crippen LogP contribution in [0.2, 0.25) is 0 Å². The molecular weight excluding hydrogens is 444 g/mol. The van der Waals surface area contributed by atoms with Gasteiger partial charge in [-0.3, -0.25) is 5.43 Å². The van der Waals surface area contributed by atoms with Crippen molar-refractivity contribution in [3.05, 3.63) is 58.7 Å². The van der Waals surface area contributed by atoms with Crippen LogP contribution in [-0.4, -0.2) is 49.9 Å².